The summed E-state index contributed by atoms with van der Waals surface area (Å²) in [4.78, 5) is 26.7. The monoisotopic (exact) mass is 287 g/mol. The first-order chi connectivity index (χ1) is 9.59. The summed E-state index contributed by atoms with van der Waals surface area (Å²) < 4.78 is 0. The number of benzene rings is 1. The molecule has 1 aromatic carbocycles. The van der Waals surface area contributed by atoms with Crippen molar-refractivity contribution in [3.05, 3.63) is 40.9 Å². The van der Waals surface area contributed by atoms with Crippen LogP contribution < -0.4 is 4.90 Å². The van der Waals surface area contributed by atoms with E-state index >= 15 is 0 Å². The molecule has 0 unspecified atom stereocenters. The molecule has 20 heavy (non-hydrogen) atoms. The molecule has 2 fully saturated rings. The number of halogens is 1. The van der Waals surface area contributed by atoms with Gasteiger partial charge < -0.3 is 0 Å². The zero-order valence-electron chi connectivity index (χ0n) is 11.0. The van der Waals surface area contributed by atoms with Crippen LogP contribution in [0.2, 0.25) is 5.02 Å². The molecule has 1 aromatic rings. The van der Waals surface area contributed by atoms with Crippen LogP contribution in [0, 0.1) is 30.6 Å². The van der Waals surface area contributed by atoms with Crippen molar-refractivity contribution in [2.45, 2.75) is 13.3 Å². The van der Waals surface area contributed by atoms with Crippen LogP contribution in [0.1, 0.15) is 12.0 Å². The minimum Gasteiger partial charge on any atom is -0.274 e. The van der Waals surface area contributed by atoms with Crippen molar-refractivity contribution in [3.8, 4) is 0 Å². The quantitative estimate of drug-likeness (QED) is 0.588. The molecule has 0 aromatic heterocycles. The number of carbonyl (C=O) groups excluding carboxylic acids is 2. The van der Waals surface area contributed by atoms with Gasteiger partial charge in [-0.3, -0.25) is 9.59 Å². The summed E-state index contributed by atoms with van der Waals surface area (Å²) in [5, 5.41) is 0.584. The van der Waals surface area contributed by atoms with Crippen LogP contribution in [0.15, 0.2) is 30.4 Å². The van der Waals surface area contributed by atoms with Gasteiger partial charge in [-0.2, -0.15) is 0 Å². The van der Waals surface area contributed by atoms with Crippen molar-refractivity contribution < 1.29 is 9.59 Å². The Morgan fingerprint density at radius 1 is 1.10 bits per heavy atom. The maximum atomic E-state index is 12.7. The molecule has 1 heterocycles. The van der Waals surface area contributed by atoms with E-state index in [-0.39, 0.29) is 35.5 Å². The van der Waals surface area contributed by atoms with E-state index in [1.165, 1.54) is 4.90 Å². The highest BCUT2D eigenvalue weighted by Crippen LogP contribution is 2.53. The number of imide groups is 1. The second-order valence-corrected chi connectivity index (χ2v) is 6.30. The van der Waals surface area contributed by atoms with Crippen molar-refractivity contribution in [3.63, 3.8) is 0 Å². The van der Waals surface area contributed by atoms with Crippen LogP contribution in [0.3, 0.4) is 0 Å². The Bertz CT molecular complexity index is 636. The normalized spacial score (nSPS) is 34.2. The smallest absolute Gasteiger partial charge is 0.238 e. The summed E-state index contributed by atoms with van der Waals surface area (Å²) >= 11 is 6.12. The molecule has 2 aliphatic carbocycles. The molecule has 2 amide bonds. The number of nitrogens with zero attached hydrogens (tertiary/aromatic N) is 1. The van der Waals surface area contributed by atoms with Crippen LogP contribution >= 0.6 is 11.6 Å². The van der Waals surface area contributed by atoms with Gasteiger partial charge in [-0.05, 0) is 42.9 Å². The first kappa shape index (κ1) is 12.2. The number of carbonyl (C=O) groups is 2. The number of hydrogen-bond donors (Lipinski definition) is 0. The third kappa shape index (κ3) is 1.36. The molecule has 4 rings (SSSR count). The van der Waals surface area contributed by atoms with Gasteiger partial charge in [-0.15, -0.1) is 0 Å². The fraction of sp³-hybridized carbons (Fsp3) is 0.375. The topological polar surface area (TPSA) is 37.4 Å². The van der Waals surface area contributed by atoms with E-state index in [0.717, 1.165) is 12.0 Å². The molecule has 3 aliphatic rings. The summed E-state index contributed by atoms with van der Waals surface area (Å²) in [6, 6.07) is 5.36. The van der Waals surface area contributed by atoms with E-state index in [9.17, 15) is 9.59 Å². The standard InChI is InChI=1S/C16H14ClNO2/c1-8-11(17)3-2-4-12(8)18-15(19)13-9-5-6-10(7-9)14(13)16(18)20/h2-6,9-10,13-14H,7H2,1H3/t9-,10-,13-,14-/m0/s1. The van der Waals surface area contributed by atoms with Crippen molar-refractivity contribution in [1.29, 1.82) is 0 Å². The second-order valence-electron chi connectivity index (χ2n) is 5.90. The van der Waals surface area contributed by atoms with E-state index in [4.69, 9.17) is 11.6 Å². The zero-order chi connectivity index (χ0) is 14.0. The molecule has 4 atom stereocenters. The van der Waals surface area contributed by atoms with Crippen LogP contribution in [-0.2, 0) is 9.59 Å². The fourth-order valence-electron chi connectivity index (χ4n) is 3.98. The molecular weight excluding hydrogens is 274 g/mol. The number of rotatable bonds is 1. The largest absolute Gasteiger partial charge is 0.274 e. The lowest BCUT2D eigenvalue weighted by Gasteiger charge is -2.19. The van der Waals surface area contributed by atoms with Gasteiger partial charge in [0.15, 0.2) is 0 Å². The molecule has 2 bridgehead atoms. The van der Waals surface area contributed by atoms with Gasteiger partial charge in [0, 0.05) is 5.02 Å². The maximum absolute atomic E-state index is 12.7. The van der Waals surface area contributed by atoms with Crippen molar-refractivity contribution >= 4 is 29.1 Å². The molecule has 4 heteroatoms. The first-order valence-corrected chi connectivity index (χ1v) is 7.28. The lowest BCUT2D eigenvalue weighted by Crippen LogP contribution is -2.33. The van der Waals surface area contributed by atoms with Gasteiger partial charge >= 0.3 is 0 Å². The van der Waals surface area contributed by atoms with Gasteiger partial charge in [-0.1, -0.05) is 29.8 Å². The van der Waals surface area contributed by atoms with E-state index in [0.29, 0.717) is 10.7 Å². The van der Waals surface area contributed by atoms with E-state index < -0.39 is 0 Å². The number of hydrogen-bond acceptors (Lipinski definition) is 2. The number of allylic oxidation sites excluding steroid dienone is 2. The van der Waals surface area contributed by atoms with E-state index in [2.05, 4.69) is 12.2 Å². The lowest BCUT2D eigenvalue weighted by atomic mass is 9.85. The SMILES string of the molecule is Cc1c(Cl)cccc1N1C(=O)[C@@H]2[C@@H](C1=O)[C@H]1C=C[C@H]2C1. The van der Waals surface area contributed by atoms with Crippen LogP contribution in [0.25, 0.3) is 0 Å². The van der Waals surface area contributed by atoms with Gasteiger partial charge in [0.2, 0.25) is 11.8 Å². The second kappa shape index (κ2) is 3.95. The Morgan fingerprint density at radius 3 is 2.30 bits per heavy atom. The Hall–Kier alpha value is -1.61. The van der Waals surface area contributed by atoms with Crippen molar-refractivity contribution in [1.82, 2.24) is 0 Å². The average Bonchev–Trinajstić information content (AvgIpc) is 3.09. The minimum absolute atomic E-state index is 0.0535. The number of amides is 2. The average molecular weight is 288 g/mol. The molecule has 3 nitrogen and oxygen atoms in total. The summed E-state index contributed by atoms with van der Waals surface area (Å²) in [6.45, 7) is 1.85. The van der Waals surface area contributed by atoms with Gasteiger partial charge in [-0.25, -0.2) is 4.90 Å². The Labute approximate surface area is 122 Å². The number of fused-ring (bicyclic) bond motifs is 5. The van der Waals surface area contributed by atoms with Crippen LogP contribution in [-0.4, -0.2) is 11.8 Å². The molecule has 1 saturated carbocycles. The first-order valence-electron chi connectivity index (χ1n) is 6.91. The molecule has 102 valence electrons. The highest BCUT2D eigenvalue weighted by atomic mass is 35.5. The van der Waals surface area contributed by atoms with Crippen molar-refractivity contribution in [2.24, 2.45) is 23.7 Å². The molecule has 1 aliphatic heterocycles. The zero-order valence-corrected chi connectivity index (χ0v) is 11.8. The summed E-state index contributed by atoms with van der Waals surface area (Å²) in [7, 11) is 0. The molecule has 0 N–H and O–H groups in total. The van der Waals surface area contributed by atoms with Crippen molar-refractivity contribution in [2.75, 3.05) is 4.90 Å². The third-order valence-corrected chi connectivity index (χ3v) is 5.36. The van der Waals surface area contributed by atoms with Gasteiger partial charge in [0.25, 0.3) is 0 Å². The fourth-order valence-corrected chi connectivity index (χ4v) is 4.15. The molecule has 1 saturated heterocycles. The summed E-state index contributed by atoms with van der Waals surface area (Å²) in [5.74, 6) is 0.0630. The minimum atomic E-state index is -0.157. The summed E-state index contributed by atoms with van der Waals surface area (Å²) in [5.41, 5.74) is 1.43. The maximum Gasteiger partial charge on any atom is 0.238 e. The molecular formula is C16H14ClNO2. The highest BCUT2D eigenvalue weighted by molar-refractivity contribution is 6.32. The third-order valence-electron chi connectivity index (χ3n) is 4.95. The highest BCUT2D eigenvalue weighted by Gasteiger charge is 2.59. The molecule has 0 radical (unpaired) electrons. The Balaban J connectivity index is 1.80. The predicted octanol–water partition coefficient (Wildman–Crippen LogP) is 2.96. The van der Waals surface area contributed by atoms with Gasteiger partial charge in [0.05, 0.1) is 17.5 Å². The van der Waals surface area contributed by atoms with Gasteiger partial charge in [0.1, 0.15) is 0 Å². The Kier molecular flexibility index (Phi) is 2.40. The van der Waals surface area contributed by atoms with Crippen LogP contribution in [0.4, 0.5) is 5.69 Å². The number of anilines is 1. The predicted molar refractivity (Wildman–Crippen MR) is 76.4 cm³/mol. The van der Waals surface area contributed by atoms with E-state index in [1.54, 1.807) is 18.2 Å². The lowest BCUT2D eigenvalue weighted by molar-refractivity contribution is -0.123. The Morgan fingerprint density at radius 2 is 1.70 bits per heavy atom. The molecule has 0 spiro atoms. The summed E-state index contributed by atoms with van der Waals surface area (Å²) in [6.07, 6.45) is 5.16. The van der Waals surface area contributed by atoms with Crippen LogP contribution in [0.5, 0.6) is 0 Å². The van der Waals surface area contributed by atoms with E-state index in [1.807, 2.05) is 6.92 Å².